The SMILES string of the molecule is N#Cc1ccc2c(c1)c1ccccc1n2-c1cccc(-c2cccc(-n3c4ccccc4c4ccc(-n5c6ccccc6c6ccccc65)cc43)c2)c1C#N. The summed E-state index contributed by atoms with van der Waals surface area (Å²) in [5, 5.41) is 27.4. The summed E-state index contributed by atoms with van der Waals surface area (Å²) in [4.78, 5) is 0. The Hall–Kier alpha value is -7.86. The van der Waals surface area contributed by atoms with E-state index in [-0.39, 0.29) is 0 Å². The summed E-state index contributed by atoms with van der Waals surface area (Å²) < 4.78 is 6.87. The van der Waals surface area contributed by atoms with Gasteiger partial charge in [-0.15, -0.1) is 0 Å². The van der Waals surface area contributed by atoms with Crippen molar-refractivity contribution in [3.05, 3.63) is 187 Å². The number of hydrogen-bond acceptors (Lipinski definition) is 2. The number of benzene rings is 8. The lowest BCUT2D eigenvalue weighted by Gasteiger charge is -2.15. The van der Waals surface area contributed by atoms with Crippen LogP contribution in [0.4, 0.5) is 0 Å². The molecule has 0 atom stereocenters. The molecule has 3 heterocycles. The van der Waals surface area contributed by atoms with Crippen molar-refractivity contribution in [1.82, 2.24) is 13.7 Å². The quantitative estimate of drug-likeness (QED) is 0.184. The molecule has 0 unspecified atom stereocenters. The molecule has 0 bridgehead atoms. The second kappa shape index (κ2) is 11.8. The molecule has 8 aromatic carbocycles. The highest BCUT2D eigenvalue weighted by Gasteiger charge is 2.20. The molecule has 0 saturated heterocycles. The van der Waals surface area contributed by atoms with Gasteiger partial charge in [0, 0.05) is 49.3 Å². The van der Waals surface area contributed by atoms with Gasteiger partial charge in [0.15, 0.2) is 0 Å². The number of nitrogens with zero attached hydrogens (tertiary/aromatic N) is 5. The molecule has 0 radical (unpaired) electrons. The summed E-state index contributed by atoms with van der Waals surface area (Å²) in [6.07, 6.45) is 0. The first-order valence-corrected chi connectivity index (χ1v) is 18.3. The zero-order valence-electron chi connectivity index (χ0n) is 29.5. The van der Waals surface area contributed by atoms with Crippen LogP contribution in [0.3, 0.4) is 0 Å². The van der Waals surface area contributed by atoms with Crippen LogP contribution in [-0.2, 0) is 0 Å². The van der Waals surface area contributed by atoms with Gasteiger partial charge in [-0.3, -0.25) is 0 Å². The van der Waals surface area contributed by atoms with Crippen LogP contribution in [0.2, 0.25) is 0 Å². The van der Waals surface area contributed by atoms with Gasteiger partial charge in [-0.2, -0.15) is 10.5 Å². The Balaban J connectivity index is 1.12. The molecule has 0 aliphatic rings. The molecule has 55 heavy (non-hydrogen) atoms. The van der Waals surface area contributed by atoms with Gasteiger partial charge in [-0.1, -0.05) is 103 Å². The smallest absolute Gasteiger partial charge is 0.102 e. The van der Waals surface area contributed by atoms with Gasteiger partial charge in [0.05, 0.1) is 56.0 Å². The monoisotopic (exact) mass is 699 g/mol. The molecule has 0 aliphatic heterocycles. The first kappa shape index (κ1) is 30.7. The standard InChI is InChI=1S/C50H29N5/c51-30-32-23-26-49-42(27-32)40-16-4-8-21-47(40)55(49)48-22-10-17-36(43(48)31-52)33-11-9-12-34(28-33)54-46-20-7-3-15-39(46)41-25-24-35(29-50(41)54)53-44-18-5-1-13-37(44)38-14-2-6-19-45(38)53/h1-29H. The molecule has 0 N–H and O–H groups in total. The lowest BCUT2D eigenvalue weighted by Crippen LogP contribution is -2.00. The Bertz CT molecular complexity index is 3420. The fourth-order valence-corrected chi connectivity index (χ4v) is 8.78. The first-order valence-electron chi connectivity index (χ1n) is 18.3. The molecule has 0 saturated carbocycles. The summed E-state index contributed by atoms with van der Waals surface area (Å²) in [5.74, 6) is 0. The molecule has 0 fully saturated rings. The van der Waals surface area contributed by atoms with Crippen molar-refractivity contribution >= 4 is 65.4 Å². The summed E-state index contributed by atoms with van der Waals surface area (Å²) in [7, 11) is 0. The fourth-order valence-electron chi connectivity index (χ4n) is 8.78. The minimum Gasteiger partial charge on any atom is -0.309 e. The Kier molecular flexibility index (Phi) is 6.61. The van der Waals surface area contributed by atoms with Gasteiger partial charge in [0.2, 0.25) is 0 Å². The van der Waals surface area contributed by atoms with Crippen LogP contribution in [0.1, 0.15) is 11.1 Å². The number of nitriles is 2. The summed E-state index contributed by atoms with van der Waals surface area (Å²) in [5.41, 5.74) is 12.4. The van der Waals surface area contributed by atoms with E-state index in [1.807, 2.05) is 48.5 Å². The van der Waals surface area contributed by atoms with Gasteiger partial charge in [0.25, 0.3) is 0 Å². The third-order valence-corrected chi connectivity index (χ3v) is 11.1. The average Bonchev–Trinajstić information content (AvgIpc) is 3.88. The zero-order valence-corrected chi connectivity index (χ0v) is 29.5. The molecule has 5 nitrogen and oxygen atoms in total. The largest absolute Gasteiger partial charge is 0.309 e. The van der Waals surface area contributed by atoms with E-state index < -0.39 is 0 Å². The number of fused-ring (bicyclic) bond motifs is 9. The van der Waals surface area contributed by atoms with Gasteiger partial charge in [-0.05, 0) is 78.4 Å². The fraction of sp³-hybridized carbons (Fsp3) is 0. The van der Waals surface area contributed by atoms with Crippen molar-refractivity contribution in [3.8, 4) is 40.3 Å². The van der Waals surface area contributed by atoms with E-state index in [9.17, 15) is 10.5 Å². The van der Waals surface area contributed by atoms with Crippen LogP contribution >= 0.6 is 0 Å². The predicted molar refractivity (Wildman–Crippen MR) is 224 cm³/mol. The van der Waals surface area contributed by atoms with E-state index >= 15 is 0 Å². The second-order valence-electron chi connectivity index (χ2n) is 14.0. The van der Waals surface area contributed by atoms with Crippen molar-refractivity contribution in [3.63, 3.8) is 0 Å². The predicted octanol–water partition coefficient (Wildman–Crippen LogP) is 12.4. The van der Waals surface area contributed by atoms with Crippen LogP contribution in [-0.4, -0.2) is 13.7 Å². The molecule has 0 spiro atoms. The maximum Gasteiger partial charge on any atom is 0.102 e. The van der Waals surface area contributed by atoms with E-state index in [0.717, 1.165) is 61.0 Å². The topological polar surface area (TPSA) is 62.4 Å². The molecular weight excluding hydrogens is 671 g/mol. The third-order valence-electron chi connectivity index (χ3n) is 11.1. The Labute approximate surface area is 316 Å². The van der Waals surface area contributed by atoms with Gasteiger partial charge in [0.1, 0.15) is 6.07 Å². The molecule has 0 aliphatic carbocycles. The number of hydrogen-bond donors (Lipinski definition) is 0. The van der Waals surface area contributed by atoms with Crippen LogP contribution in [0.25, 0.3) is 93.6 Å². The highest BCUT2D eigenvalue weighted by atomic mass is 15.0. The van der Waals surface area contributed by atoms with Gasteiger partial charge >= 0.3 is 0 Å². The molecule has 0 amide bonds. The van der Waals surface area contributed by atoms with E-state index in [1.54, 1.807) is 0 Å². The zero-order chi connectivity index (χ0) is 36.6. The number of rotatable bonds is 4. The molecule has 3 aromatic heterocycles. The van der Waals surface area contributed by atoms with Crippen LogP contribution in [0.15, 0.2) is 176 Å². The molecule has 254 valence electrons. The lowest BCUT2D eigenvalue weighted by atomic mass is 9.98. The summed E-state index contributed by atoms with van der Waals surface area (Å²) in [6.45, 7) is 0. The van der Waals surface area contributed by atoms with Crippen molar-refractivity contribution in [2.24, 2.45) is 0 Å². The van der Waals surface area contributed by atoms with Gasteiger partial charge in [-0.25, -0.2) is 0 Å². The van der Waals surface area contributed by atoms with Crippen molar-refractivity contribution in [1.29, 1.82) is 10.5 Å². The summed E-state index contributed by atoms with van der Waals surface area (Å²) >= 11 is 0. The van der Waals surface area contributed by atoms with E-state index in [1.165, 1.54) is 32.6 Å². The normalized spacial score (nSPS) is 11.6. The molecule has 11 aromatic rings. The Morgan fingerprint density at radius 1 is 0.345 bits per heavy atom. The average molecular weight is 700 g/mol. The van der Waals surface area contributed by atoms with E-state index in [2.05, 4.69) is 153 Å². The van der Waals surface area contributed by atoms with E-state index in [4.69, 9.17) is 0 Å². The number of aromatic nitrogens is 3. The van der Waals surface area contributed by atoms with Crippen molar-refractivity contribution < 1.29 is 0 Å². The highest BCUT2D eigenvalue weighted by molar-refractivity contribution is 6.12. The van der Waals surface area contributed by atoms with Crippen molar-refractivity contribution in [2.45, 2.75) is 0 Å². The van der Waals surface area contributed by atoms with Crippen LogP contribution in [0.5, 0.6) is 0 Å². The molecule has 11 rings (SSSR count). The minimum absolute atomic E-state index is 0.586. The van der Waals surface area contributed by atoms with E-state index in [0.29, 0.717) is 11.1 Å². The lowest BCUT2D eigenvalue weighted by molar-refractivity contribution is 1.15. The Morgan fingerprint density at radius 3 is 1.51 bits per heavy atom. The maximum absolute atomic E-state index is 10.9. The molecule has 5 heteroatoms. The highest BCUT2D eigenvalue weighted by Crippen LogP contribution is 2.39. The first-order chi connectivity index (χ1) is 27.2. The minimum atomic E-state index is 0.586. The molecular formula is C50H29N5. The van der Waals surface area contributed by atoms with Gasteiger partial charge < -0.3 is 13.7 Å². The summed E-state index contributed by atoms with van der Waals surface area (Å²) in [6, 6.07) is 66.0. The number of para-hydroxylation sites is 4. The van der Waals surface area contributed by atoms with Crippen LogP contribution in [0, 0.1) is 22.7 Å². The maximum atomic E-state index is 10.9. The van der Waals surface area contributed by atoms with Crippen LogP contribution < -0.4 is 0 Å². The third kappa shape index (κ3) is 4.45. The van der Waals surface area contributed by atoms with Crippen molar-refractivity contribution in [2.75, 3.05) is 0 Å². The second-order valence-corrected chi connectivity index (χ2v) is 14.0. The Morgan fingerprint density at radius 2 is 0.873 bits per heavy atom.